The summed E-state index contributed by atoms with van der Waals surface area (Å²) in [6.45, 7) is 4.73. The molecule has 1 aliphatic rings. The largest absolute Gasteiger partial charge is 0.464 e. The van der Waals surface area contributed by atoms with Crippen molar-refractivity contribution in [2.75, 3.05) is 37.8 Å². The standard InChI is InChI=1S/C14H18BrNO4/c1-2-20-14(18)13(17)11-9-10(15)3-4-12(11)16-5-7-19-8-6-16/h3-4,9,13,17H,2,5-8H2,1H3. The second-order valence-corrected chi connectivity index (χ2v) is 5.37. The van der Waals surface area contributed by atoms with Crippen molar-refractivity contribution < 1.29 is 19.4 Å². The predicted molar refractivity (Wildman–Crippen MR) is 78.8 cm³/mol. The Hall–Kier alpha value is -1.11. The second kappa shape index (κ2) is 7.06. The van der Waals surface area contributed by atoms with E-state index < -0.39 is 12.1 Å². The van der Waals surface area contributed by atoms with Crippen LogP contribution >= 0.6 is 15.9 Å². The van der Waals surface area contributed by atoms with Crippen LogP contribution in [-0.4, -0.2) is 44.0 Å². The number of benzene rings is 1. The highest BCUT2D eigenvalue weighted by Crippen LogP contribution is 2.31. The summed E-state index contributed by atoms with van der Waals surface area (Å²) in [7, 11) is 0. The third-order valence-corrected chi connectivity index (χ3v) is 3.64. The van der Waals surface area contributed by atoms with E-state index in [1.165, 1.54) is 0 Å². The Morgan fingerprint density at radius 1 is 1.50 bits per heavy atom. The van der Waals surface area contributed by atoms with Gasteiger partial charge in [-0.25, -0.2) is 4.79 Å². The van der Waals surface area contributed by atoms with Gasteiger partial charge in [-0.2, -0.15) is 0 Å². The van der Waals surface area contributed by atoms with Gasteiger partial charge in [0.15, 0.2) is 6.10 Å². The molecule has 0 amide bonds. The normalized spacial score (nSPS) is 16.9. The maximum absolute atomic E-state index is 11.8. The van der Waals surface area contributed by atoms with Gasteiger partial charge in [0.05, 0.1) is 19.8 Å². The second-order valence-electron chi connectivity index (χ2n) is 4.46. The van der Waals surface area contributed by atoms with Crippen LogP contribution in [0.25, 0.3) is 0 Å². The number of hydrogen-bond donors (Lipinski definition) is 1. The molecule has 0 bridgehead atoms. The Morgan fingerprint density at radius 3 is 2.85 bits per heavy atom. The van der Waals surface area contributed by atoms with E-state index in [0.717, 1.165) is 23.2 Å². The third kappa shape index (κ3) is 3.50. The fraction of sp³-hybridized carbons (Fsp3) is 0.500. The molecule has 0 saturated carbocycles. The number of morpholine rings is 1. The summed E-state index contributed by atoms with van der Waals surface area (Å²) in [6, 6.07) is 5.55. The van der Waals surface area contributed by atoms with Crippen molar-refractivity contribution >= 4 is 27.6 Å². The topological polar surface area (TPSA) is 59.0 Å². The SMILES string of the molecule is CCOC(=O)C(O)c1cc(Br)ccc1N1CCOCC1. The number of aliphatic hydroxyl groups is 1. The Labute approximate surface area is 126 Å². The van der Waals surface area contributed by atoms with Crippen LogP contribution in [0.2, 0.25) is 0 Å². The molecule has 1 N–H and O–H groups in total. The lowest BCUT2D eigenvalue weighted by atomic mass is 10.1. The number of hydrogen-bond acceptors (Lipinski definition) is 5. The molecule has 0 aromatic heterocycles. The van der Waals surface area contributed by atoms with Gasteiger partial charge in [0, 0.05) is 28.8 Å². The Morgan fingerprint density at radius 2 is 2.20 bits per heavy atom. The number of carbonyl (C=O) groups excluding carboxylic acids is 1. The highest BCUT2D eigenvalue weighted by molar-refractivity contribution is 9.10. The fourth-order valence-corrected chi connectivity index (χ4v) is 2.56. The van der Waals surface area contributed by atoms with E-state index in [0.29, 0.717) is 18.8 Å². The molecule has 6 heteroatoms. The zero-order valence-electron chi connectivity index (χ0n) is 11.3. The summed E-state index contributed by atoms with van der Waals surface area (Å²) in [5.41, 5.74) is 1.40. The number of ether oxygens (including phenoxy) is 2. The van der Waals surface area contributed by atoms with Crippen molar-refractivity contribution in [3.8, 4) is 0 Å². The zero-order valence-corrected chi connectivity index (χ0v) is 12.9. The number of rotatable bonds is 4. The first-order valence-corrected chi connectivity index (χ1v) is 7.39. The summed E-state index contributed by atoms with van der Waals surface area (Å²) in [4.78, 5) is 13.9. The lowest BCUT2D eigenvalue weighted by molar-refractivity contribution is -0.153. The van der Waals surface area contributed by atoms with Crippen molar-refractivity contribution in [2.45, 2.75) is 13.0 Å². The minimum Gasteiger partial charge on any atom is -0.464 e. The van der Waals surface area contributed by atoms with Gasteiger partial charge in [0.25, 0.3) is 0 Å². The maximum atomic E-state index is 11.8. The minimum atomic E-state index is -1.27. The summed E-state index contributed by atoms with van der Waals surface area (Å²) in [5, 5.41) is 10.2. The van der Waals surface area contributed by atoms with Crippen molar-refractivity contribution in [1.29, 1.82) is 0 Å². The van der Waals surface area contributed by atoms with Crippen LogP contribution in [0.3, 0.4) is 0 Å². The molecule has 110 valence electrons. The number of nitrogens with zero attached hydrogens (tertiary/aromatic N) is 1. The molecule has 1 heterocycles. The molecular weight excluding hydrogens is 326 g/mol. The molecule has 1 aromatic rings. The first-order valence-electron chi connectivity index (χ1n) is 6.60. The Bertz CT molecular complexity index is 474. The van der Waals surface area contributed by atoms with Gasteiger partial charge in [-0.3, -0.25) is 0 Å². The zero-order chi connectivity index (χ0) is 14.5. The van der Waals surface area contributed by atoms with Gasteiger partial charge in [0.2, 0.25) is 0 Å². The Kier molecular flexibility index (Phi) is 5.39. The Balaban J connectivity index is 2.29. The first-order chi connectivity index (χ1) is 9.63. The van der Waals surface area contributed by atoms with Crippen molar-refractivity contribution in [3.63, 3.8) is 0 Å². The van der Waals surface area contributed by atoms with Crippen LogP contribution in [0.15, 0.2) is 22.7 Å². The number of esters is 1. The van der Waals surface area contributed by atoms with E-state index in [9.17, 15) is 9.90 Å². The lowest BCUT2D eigenvalue weighted by Gasteiger charge is -2.31. The van der Waals surface area contributed by atoms with Gasteiger partial charge in [0.1, 0.15) is 0 Å². The summed E-state index contributed by atoms with van der Waals surface area (Å²) in [5.74, 6) is -0.625. The van der Waals surface area contributed by atoms with Crippen molar-refractivity contribution in [1.82, 2.24) is 0 Å². The predicted octanol–water partition coefficient (Wildman–Crippen LogP) is 1.88. The number of carbonyl (C=O) groups is 1. The van der Waals surface area contributed by atoms with Gasteiger partial charge in [-0.1, -0.05) is 15.9 Å². The lowest BCUT2D eigenvalue weighted by Crippen LogP contribution is -2.37. The molecule has 1 aromatic carbocycles. The minimum absolute atomic E-state index is 0.247. The molecular formula is C14H18BrNO4. The molecule has 1 atom stereocenters. The molecule has 1 unspecified atom stereocenters. The van der Waals surface area contributed by atoms with E-state index in [-0.39, 0.29) is 6.61 Å². The molecule has 0 spiro atoms. The molecule has 1 saturated heterocycles. The van der Waals surface area contributed by atoms with Crippen molar-refractivity contribution in [3.05, 3.63) is 28.2 Å². The van der Waals surface area contributed by atoms with Crippen molar-refractivity contribution in [2.24, 2.45) is 0 Å². The van der Waals surface area contributed by atoms with Gasteiger partial charge < -0.3 is 19.5 Å². The monoisotopic (exact) mass is 343 g/mol. The average molecular weight is 344 g/mol. The van der Waals surface area contributed by atoms with Gasteiger partial charge >= 0.3 is 5.97 Å². The van der Waals surface area contributed by atoms with E-state index in [1.54, 1.807) is 13.0 Å². The van der Waals surface area contributed by atoms with Gasteiger partial charge in [-0.15, -0.1) is 0 Å². The molecule has 1 fully saturated rings. The summed E-state index contributed by atoms with van der Waals surface area (Å²) >= 11 is 3.37. The molecule has 2 rings (SSSR count). The van der Waals surface area contributed by atoms with E-state index >= 15 is 0 Å². The van der Waals surface area contributed by atoms with E-state index in [2.05, 4.69) is 20.8 Å². The van der Waals surface area contributed by atoms with Gasteiger partial charge in [-0.05, 0) is 25.1 Å². The summed E-state index contributed by atoms with van der Waals surface area (Å²) < 4.78 is 11.0. The van der Waals surface area contributed by atoms with Crippen LogP contribution in [0.1, 0.15) is 18.6 Å². The van der Waals surface area contributed by atoms with Crippen LogP contribution in [-0.2, 0) is 14.3 Å². The van der Waals surface area contributed by atoms with Crippen LogP contribution < -0.4 is 4.90 Å². The van der Waals surface area contributed by atoms with Crippen LogP contribution in [0.5, 0.6) is 0 Å². The smallest absolute Gasteiger partial charge is 0.339 e. The number of aliphatic hydroxyl groups excluding tert-OH is 1. The highest BCUT2D eigenvalue weighted by atomic mass is 79.9. The molecule has 20 heavy (non-hydrogen) atoms. The highest BCUT2D eigenvalue weighted by Gasteiger charge is 2.25. The van der Waals surface area contributed by atoms with E-state index in [1.807, 2.05) is 12.1 Å². The summed E-state index contributed by atoms with van der Waals surface area (Å²) in [6.07, 6.45) is -1.27. The molecule has 0 radical (unpaired) electrons. The molecule has 1 aliphatic heterocycles. The van der Waals surface area contributed by atoms with E-state index in [4.69, 9.17) is 9.47 Å². The number of halogens is 1. The quantitative estimate of drug-likeness (QED) is 0.846. The average Bonchev–Trinajstić information content (AvgIpc) is 2.47. The molecule has 5 nitrogen and oxygen atoms in total. The maximum Gasteiger partial charge on any atom is 0.339 e. The fourth-order valence-electron chi connectivity index (χ4n) is 2.18. The third-order valence-electron chi connectivity index (χ3n) is 3.15. The molecule has 0 aliphatic carbocycles. The first kappa shape index (κ1) is 15.3. The van der Waals surface area contributed by atoms with Crippen LogP contribution in [0.4, 0.5) is 5.69 Å². The van der Waals surface area contributed by atoms with Crippen LogP contribution in [0, 0.1) is 0 Å². The number of anilines is 1.